The number of aryl methyl sites for hydroxylation is 3. The molecule has 0 aliphatic heterocycles. The minimum Gasteiger partial charge on any atom is -0.508 e. The Morgan fingerprint density at radius 2 is 1.13 bits per heavy atom. The fraction of sp³-hybridized carbons (Fsp3) is 0.103. The normalized spacial score (nSPS) is 11.1. The van der Waals surface area contributed by atoms with Crippen LogP contribution >= 0.6 is 0 Å². The first-order valence-corrected chi connectivity index (χ1v) is 10.5. The highest BCUT2D eigenvalue weighted by atomic mass is 16.3. The second-order valence-corrected chi connectivity index (χ2v) is 8.04. The first-order valence-electron chi connectivity index (χ1n) is 10.5. The van der Waals surface area contributed by atoms with Gasteiger partial charge in [0.1, 0.15) is 5.75 Å². The summed E-state index contributed by atoms with van der Waals surface area (Å²) in [6.07, 6.45) is 4.31. The molecule has 1 N–H and O–H groups in total. The monoisotopic (exact) mass is 405 g/mol. The summed E-state index contributed by atoms with van der Waals surface area (Å²) in [7, 11) is 0. The molecule has 4 aromatic rings. The molecule has 0 atom stereocenters. The number of benzene rings is 4. The number of anilines is 3. The zero-order chi connectivity index (χ0) is 21.8. The van der Waals surface area contributed by atoms with Crippen LogP contribution in [0.15, 0.2) is 91.0 Å². The SMILES string of the molecule is Cc1cc(C)cc(C=Cc2ccc(N(c3ccc(O)cc3)c3cccc(C)c3)cc2)c1. The van der Waals surface area contributed by atoms with E-state index in [1.54, 1.807) is 12.1 Å². The maximum Gasteiger partial charge on any atom is 0.115 e. The van der Waals surface area contributed by atoms with Crippen LogP contribution < -0.4 is 4.90 Å². The first-order chi connectivity index (χ1) is 15.0. The molecule has 0 aliphatic carbocycles. The Morgan fingerprint density at radius 1 is 0.548 bits per heavy atom. The Kier molecular flexibility index (Phi) is 5.90. The average molecular weight is 406 g/mol. The smallest absolute Gasteiger partial charge is 0.115 e. The number of hydrogen-bond donors (Lipinski definition) is 1. The van der Waals surface area contributed by atoms with Crippen LogP contribution in [0.25, 0.3) is 12.2 Å². The molecule has 0 saturated heterocycles. The van der Waals surface area contributed by atoms with Crippen molar-refractivity contribution in [3.05, 3.63) is 119 Å². The summed E-state index contributed by atoms with van der Waals surface area (Å²) in [5, 5.41) is 9.72. The maximum atomic E-state index is 9.72. The fourth-order valence-corrected chi connectivity index (χ4v) is 3.85. The number of nitrogens with zero attached hydrogens (tertiary/aromatic N) is 1. The zero-order valence-electron chi connectivity index (χ0n) is 18.2. The lowest BCUT2D eigenvalue weighted by atomic mass is 10.1. The molecule has 2 heteroatoms. The lowest BCUT2D eigenvalue weighted by molar-refractivity contribution is 0.475. The van der Waals surface area contributed by atoms with E-state index in [0.717, 1.165) is 22.6 Å². The third kappa shape index (κ3) is 5.04. The second-order valence-electron chi connectivity index (χ2n) is 8.04. The van der Waals surface area contributed by atoms with Crippen molar-refractivity contribution in [2.45, 2.75) is 20.8 Å². The van der Waals surface area contributed by atoms with Gasteiger partial charge in [0.05, 0.1) is 0 Å². The van der Waals surface area contributed by atoms with E-state index in [4.69, 9.17) is 0 Å². The van der Waals surface area contributed by atoms with Gasteiger partial charge in [-0.15, -0.1) is 0 Å². The van der Waals surface area contributed by atoms with Crippen LogP contribution in [0.5, 0.6) is 5.75 Å². The van der Waals surface area contributed by atoms with Gasteiger partial charge in [0.2, 0.25) is 0 Å². The molecule has 2 nitrogen and oxygen atoms in total. The molecule has 0 bridgehead atoms. The molecule has 0 heterocycles. The number of rotatable bonds is 5. The molecule has 4 aromatic carbocycles. The highest BCUT2D eigenvalue weighted by Crippen LogP contribution is 2.35. The molecule has 0 spiro atoms. The summed E-state index contributed by atoms with van der Waals surface area (Å²) in [5.41, 5.74) is 9.28. The highest BCUT2D eigenvalue weighted by Gasteiger charge is 2.12. The van der Waals surface area contributed by atoms with Crippen LogP contribution in [-0.4, -0.2) is 5.11 Å². The summed E-state index contributed by atoms with van der Waals surface area (Å²) < 4.78 is 0. The third-order valence-corrected chi connectivity index (χ3v) is 5.23. The van der Waals surface area contributed by atoms with Crippen molar-refractivity contribution >= 4 is 29.2 Å². The minimum absolute atomic E-state index is 0.264. The van der Waals surface area contributed by atoms with Gasteiger partial charge < -0.3 is 10.0 Å². The molecule has 0 radical (unpaired) electrons. The summed E-state index contributed by atoms with van der Waals surface area (Å²) in [6.45, 7) is 6.35. The van der Waals surface area contributed by atoms with Crippen LogP contribution in [0, 0.1) is 20.8 Å². The molecule has 4 rings (SSSR count). The molecule has 0 aromatic heterocycles. The molecule has 31 heavy (non-hydrogen) atoms. The maximum absolute atomic E-state index is 9.72. The largest absolute Gasteiger partial charge is 0.508 e. The van der Waals surface area contributed by atoms with Crippen molar-refractivity contribution < 1.29 is 5.11 Å². The quantitative estimate of drug-likeness (QED) is 0.340. The van der Waals surface area contributed by atoms with E-state index in [1.807, 2.05) is 12.1 Å². The Bertz CT molecular complexity index is 1180. The predicted octanol–water partition coefficient (Wildman–Crippen LogP) is 7.96. The molecular formula is C29H27NO. The summed E-state index contributed by atoms with van der Waals surface area (Å²) in [4.78, 5) is 2.20. The van der Waals surface area contributed by atoms with Gasteiger partial charge in [-0.05, 0) is 86.0 Å². The molecule has 0 saturated carbocycles. The van der Waals surface area contributed by atoms with Crippen LogP contribution in [0.3, 0.4) is 0 Å². The van der Waals surface area contributed by atoms with E-state index in [2.05, 4.69) is 105 Å². The summed E-state index contributed by atoms with van der Waals surface area (Å²) >= 11 is 0. The lowest BCUT2D eigenvalue weighted by Crippen LogP contribution is -2.09. The standard InChI is InChI=1S/C29H27NO/c1-21-5-4-6-28(20-21)30(27-13-15-29(31)16-14-27)26-11-9-24(10-12-26)7-8-25-18-22(2)17-23(3)19-25/h4-20,31H,1-3H3. The molecule has 0 aliphatic rings. The molecule has 154 valence electrons. The van der Waals surface area contributed by atoms with E-state index >= 15 is 0 Å². The fourth-order valence-electron chi connectivity index (χ4n) is 3.85. The van der Waals surface area contributed by atoms with Crippen molar-refractivity contribution in [2.75, 3.05) is 4.90 Å². The summed E-state index contributed by atoms with van der Waals surface area (Å²) in [5.74, 6) is 0.264. The second kappa shape index (κ2) is 8.93. The average Bonchev–Trinajstić information content (AvgIpc) is 2.74. The van der Waals surface area contributed by atoms with E-state index in [1.165, 1.54) is 22.3 Å². The van der Waals surface area contributed by atoms with Crippen molar-refractivity contribution in [3.8, 4) is 5.75 Å². The van der Waals surface area contributed by atoms with E-state index in [-0.39, 0.29) is 5.75 Å². The molecule has 0 unspecified atom stereocenters. The van der Waals surface area contributed by atoms with Gasteiger partial charge >= 0.3 is 0 Å². The van der Waals surface area contributed by atoms with Gasteiger partial charge in [-0.2, -0.15) is 0 Å². The Labute approximate surface area is 184 Å². The molecule has 0 amide bonds. The van der Waals surface area contributed by atoms with Crippen molar-refractivity contribution in [1.82, 2.24) is 0 Å². The van der Waals surface area contributed by atoms with Crippen molar-refractivity contribution in [2.24, 2.45) is 0 Å². The van der Waals surface area contributed by atoms with Gasteiger partial charge in [-0.25, -0.2) is 0 Å². The Balaban J connectivity index is 1.66. The zero-order valence-corrected chi connectivity index (χ0v) is 18.2. The van der Waals surface area contributed by atoms with E-state index < -0.39 is 0 Å². The van der Waals surface area contributed by atoms with Crippen LogP contribution in [0.2, 0.25) is 0 Å². The summed E-state index contributed by atoms with van der Waals surface area (Å²) in [6, 6.07) is 30.9. The van der Waals surface area contributed by atoms with E-state index in [0.29, 0.717) is 0 Å². The van der Waals surface area contributed by atoms with Gasteiger partial charge in [-0.3, -0.25) is 0 Å². The number of aromatic hydroxyl groups is 1. The van der Waals surface area contributed by atoms with Crippen LogP contribution in [-0.2, 0) is 0 Å². The Hall–Kier alpha value is -3.78. The molecule has 0 fully saturated rings. The predicted molar refractivity (Wildman–Crippen MR) is 132 cm³/mol. The van der Waals surface area contributed by atoms with E-state index in [9.17, 15) is 5.11 Å². The van der Waals surface area contributed by atoms with Crippen molar-refractivity contribution in [1.29, 1.82) is 0 Å². The van der Waals surface area contributed by atoms with Crippen LogP contribution in [0.4, 0.5) is 17.1 Å². The molecular weight excluding hydrogens is 378 g/mol. The van der Waals surface area contributed by atoms with Gasteiger partial charge in [0, 0.05) is 17.1 Å². The van der Waals surface area contributed by atoms with Gasteiger partial charge in [0.15, 0.2) is 0 Å². The lowest BCUT2D eigenvalue weighted by Gasteiger charge is -2.26. The number of phenols is 1. The third-order valence-electron chi connectivity index (χ3n) is 5.23. The van der Waals surface area contributed by atoms with Gasteiger partial charge in [-0.1, -0.05) is 65.7 Å². The number of phenolic OH excluding ortho intramolecular Hbond substituents is 1. The Morgan fingerprint density at radius 3 is 1.74 bits per heavy atom. The van der Waals surface area contributed by atoms with Crippen LogP contribution in [0.1, 0.15) is 27.8 Å². The minimum atomic E-state index is 0.264. The first kappa shape index (κ1) is 20.5. The van der Waals surface area contributed by atoms with Crippen molar-refractivity contribution in [3.63, 3.8) is 0 Å². The number of hydrogen-bond acceptors (Lipinski definition) is 2. The topological polar surface area (TPSA) is 23.5 Å². The van der Waals surface area contributed by atoms with Gasteiger partial charge in [0.25, 0.3) is 0 Å². The highest BCUT2D eigenvalue weighted by molar-refractivity contribution is 5.78.